The van der Waals surface area contributed by atoms with Crippen LogP contribution in [-0.2, 0) is 4.79 Å². The fraction of sp³-hybridized carbons (Fsp3) is 0.278. The standard InChI is InChI=1S/C18H18N4O/c19-12-15-8-4-10-20-18(15)21-16(14-6-2-1-3-7-14)13-22-11-5-9-17(22)23/h1-4,6-8,10,16H,5,9,11,13H2,(H,20,21)/t16-/m1/s1. The predicted molar refractivity (Wildman–Crippen MR) is 87.6 cm³/mol. The maximum Gasteiger partial charge on any atom is 0.222 e. The molecular weight excluding hydrogens is 288 g/mol. The van der Waals surface area contributed by atoms with Gasteiger partial charge in [-0.15, -0.1) is 0 Å². The molecule has 116 valence electrons. The fourth-order valence-electron chi connectivity index (χ4n) is 2.81. The number of benzene rings is 1. The van der Waals surface area contributed by atoms with Crippen LogP contribution in [0, 0.1) is 11.3 Å². The van der Waals surface area contributed by atoms with E-state index in [1.807, 2.05) is 35.2 Å². The van der Waals surface area contributed by atoms with Gasteiger partial charge < -0.3 is 10.2 Å². The van der Waals surface area contributed by atoms with Gasteiger partial charge in [-0.25, -0.2) is 4.98 Å². The zero-order valence-electron chi connectivity index (χ0n) is 12.8. The summed E-state index contributed by atoms with van der Waals surface area (Å²) in [6, 6.07) is 15.5. The molecule has 5 nitrogen and oxygen atoms in total. The SMILES string of the molecule is N#Cc1cccnc1N[C@H](CN1CCCC1=O)c1ccccc1. The molecule has 1 saturated heterocycles. The summed E-state index contributed by atoms with van der Waals surface area (Å²) in [7, 11) is 0. The molecule has 1 aliphatic rings. The van der Waals surface area contributed by atoms with Crippen LogP contribution in [0.2, 0.25) is 0 Å². The molecule has 0 bridgehead atoms. The van der Waals surface area contributed by atoms with Gasteiger partial charge in [0.1, 0.15) is 11.9 Å². The number of nitriles is 1. The van der Waals surface area contributed by atoms with E-state index in [0.29, 0.717) is 24.3 Å². The Morgan fingerprint density at radius 3 is 2.78 bits per heavy atom. The van der Waals surface area contributed by atoms with Crippen LogP contribution < -0.4 is 5.32 Å². The Balaban J connectivity index is 1.86. The molecule has 0 aliphatic carbocycles. The average molecular weight is 306 g/mol. The summed E-state index contributed by atoms with van der Waals surface area (Å²) in [5.74, 6) is 0.741. The van der Waals surface area contributed by atoms with Crippen molar-refractivity contribution in [1.82, 2.24) is 9.88 Å². The minimum atomic E-state index is -0.0970. The van der Waals surface area contributed by atoms with Gasteiger partial charge in [0.05, 0.1) is 11.6 Å². The van der Waals surface area contributed by atoms with Crippen LogP contribution in [0.15, 0.2) is 48.7 Å². The van der Waals surface area contributed by atoms with E-state index in [-0.39, 0.29) is 11.9 Å². The summed E-state index contributed by atoms with van der Waals surface area (Å²) in [5, 5.41) is 12.6. The first-order valence-electron chi connectivity index (χ1n) is 7.72. The number of amides is 1. The minimum Gasteiger partial charge on any atom is -0.360 e. The van der Waals surface area contributed by atoms with Gasteiger partial charge in [0.2, 0.25) is 5.91 Å². The first kappa shape index (κ1) is 15.0. The lowest BCUT2D eigenvalue weighted by Crippen LogP contribution is -2.32. The third-order valence-electron chi connectivity index (χ3n) is 4.02. The van der Waals surface area contributed by atoms with Gasteiger partial charge in [-0.3, -0.25) is 4.79 Å². The van der Waals surface area contributed by atoms with Crippen molar-refractivity contribution in [3.8, 4) is 6.07 Å². The summed E-state index contributed by atoms with van der Waals surface area (Å²) >= 11 is 0. The molecule has 0 radical (unpaired) electrons. The lowest BCUT2D eigenvalue weighted by Gasteiger charge is -2.26. The Morgan fingerprint density at radius 2 is 2.09 bits per heavy atom. The molecule has 1 amide bonds. The molecule has 5 heteroatoms. The van der Waals surface area contributed by atoms with Crippen LogP contribution in [0.4, 0.5) is 5.82 Å². The summed E-state index contributed by atoms with van der Waals surface area (Å²) in [5.41, 5.74) is 1.57. The third-order valence-corrected chi connectivity index (χ3v) is 4.02. The highest BCUT2D eigenvalue weighted by Gasteiger charge is 2.24. The summed E-state index contributed by atoms with van der Waals surface area (Å²) in [4.78, 5) is 18.1. The van der Waals surface area contributed by atoms with E-state index in [1.54, 1.807) is 18.3 Å². The van der Waals surface area contributed by atoms with E-state index in [4.69, 9.17) is 0 Å². The summed E-state index contributed by atoms with van der Waals surface area (Å²) in [6.07, 6.45) is 3.19. The van der Waals surface area contributed by atoms with E-state index in [0.717, 1.165) is 18.5 Å². The number of rotatable bonds is 5. The first-order chi connectivity index (χ1) is 11.3. The maximum absolute atomic E-state index is 11.9. The Labute approximate surface area is 135 Å². The highest BCUT2D eigenvalue weighted by atomic mass is 16.2. The van der Waals surface area contributed by atoms with Gasteiger partial charge in [-0.05, 0) is 24.1 Å². The Morgan fingerprint density at radius 1 is 1.26 bits per heavy atom. The van der Waals surface area contributed by atoms with Gasteiger partial charge in [0, 0.05) is 25.7 Å². The fourth-order valence-corrected chi connectivity index (χ4v) is 2.81. The lowest BCUT2D eigenvalue weighted by molar-refractivity contribution is -0.127. The molecule has 1 aliphatic heterocycles. The molecule has 3 rings (SSSR count). The molecule has 0 unspecified atom stereocenters. The van der Waals surface area contributed by atoms with Crippen molar-refractivity contribution in [1.29, 1.82) is 5.26 Å². The van der Waals surface area contributed by atoms with Crippen molar-refractivity contribution in [3.63, 3.8) is 0 Å². The lowest BCUT2D eigenvalue weighted by atomic mass is 10.1. The molecule has 2 heterocycles. The topological polar surface area (TPSA) is 69.0 Å². The molecule has 2 aromatic rings. The van der Waals surface area contributed by atoms with Crippen LogP contribution >= 0.6 is 0 Å². The van der Waals surface area contributed by atoms with Crippen LogP contribution in [-0.4, -0.2) is 28.9 Å². The number of aromatic nitrogens is 1. The average Bonchev–Trinajstić information content (AvgIpc) is 3.00. The molecule has 1 aromatic heterocycles. The Bertz CT molecular complexity index is 723. The number of nitrogens with zero attached hydrogens (tertiary/aromatic N) is 3. The van der Waals surface area contributed by atoms with Crippen molar-refractivity contribution in [2.75, 3.05) is 18.4 Å². The van der Waals surface area contributed by atoms with Gasteiger partial charge in [0.15, 0.2) is 0 Å². The van der Waals surface area contributed by atoms with Gasteiger partial charge in [-0.2, -0.15) is 5.26 Å². The van der Waals surface area contributed by atoms with Crippen molar-refractivity contribution in [2.24, 2.45) is 0 Å². The number of hydrogen-bond acceptors (Lipinski definition) is 4. The smallest absolute Gasteiger partial charge is 0.222 e. The van der Waals surface area contributed by atoms with Crippen molar-refractivity contribution >= 4 is 11.7 Å². The molecular formula is C18H18N4O. The van der Waals surface area contributed by atoms with E-state index < -0.39 is 0 Å². The molecule has 23 heavy (non-hydrogen) atoms. The number of carbonyl (C=O) groups is 1. The van der Waals surface area contributed by atoms with Crippen LogP contribution in [0.25, 0.3) is 0 Å². The van der Waals surface area contributed by atoms with Crippen LogP contribution in [0.1, 0.15) is 30.0 Å². The quantitative estimate of drug-likeness (QED) is 0.922. The van der Waals surface area contributed by atoms with Crippen LogP contribution in [0.3, 0.4) is 0 Å². The number of anilines is 1. The van der Waals surface area contributed by atoms with Crippen LogP contribution in [0.5, 0.6) is 0 Å². The minimum absolute atomic E-state index is 0.0970. The third kappa shape index (κ3) is 3.49. The largest absolute Gasteiger partial charge is 0.360 e. The molecule has 0 spiro atoms. The molecule has 0 saturated carbocycles. The van der Waals surface area contributed by atoms with Crippen molar-refractivity contribution in [2.45, 2.75) is 18.9 Å². The van der Waals surface area contributed by atoms with E-state index in [1.165, 1.54) is 0 Å². The zero-order valence-corrected chi connectivity index (χ0v) is 12.8. The summed E-state index contributed by atoms with van der Waals surface area (Å²) in [6.45, 7) is 1.36. The Hall–Kier alpha value is -2.87. The number of hydrogen-bond donors (Lipinski definition) is 1. The summed E-state index contributed by atoms with van der Waals surface area (Å²) < 4.78 is 0. The predicted octanol–water partition coefficient (Wildman–Crippen LogP) is 2.73. The van der Waals surface area contributed by atoms with Gasteiger partial charge in [0.25, 0.3) is 0 Å². The molecule has 1 atom stereocenters. The molecule has 1 fully saturated rings. The first-order valence-corrected chi connectivity index (χ1v) is 7.72. The highest BCUT2D eigenvalue weighted by Crippen LogP contribution is 2.23. The second-order valence-corrected chi connectivity index (χ2v) is 5.56. The number of likely N-dealkylation sites (tertiary alicyclic amines) is 1. The molecule has 1 aromatic carbocycles. The molecule has 1 N–H and O–H groups in total. The normalized spacial score (nSPS) is 15.3. The van der Waals surface area contributed by atoms with Crippen molar-refractivity contribution < 1.29 is 4.79 Å². The highest BCUT2D eigenvalue weighted by molar-refractivity contribution is 5.78. The van der Waals surface area contributed by atoms with E-state index in [2.05, 4.69) is 16.4 Å². The number of carbonyl (C=O) groups excluding carboxylic acids is 1. The van der Waals surface area contributed by atoms with E-state index >= 15 is 0 Å². The second-order valence-electron chi connectivity index (χ2n) is 5.56. The Kier molecular flexibility index (Phi) is 4.53. The van der Waals surface area contributed by atoms with Gasteiger partial charge >= 0.3 is 0 Å². The number of pyridine rings is 1. The second kappa shape index (κ2) is 6.93. The van der Waals surface area contributed by atoms with Gasteiger partial charge in [-0.1, -0.05) is 30.3 Å². The number of nitrogens with one attached hydrogen (secondary N) is 1. The van der Waals surface area contributed by atoms with Crippen molar-refractivity contribution in [3.05, 3.63) is 59.8 Å². The maximum atomic E-state index is 11.9. The monoisotopic (exact) mass is 306 g/mol. The zero-order chi connectivity index (χ0) is 16.1. The van der Waals surface area contributed by atoms with E-state index in [9.17, 15) is 10.1 Å².